The molecule has 14 heavy (non-hydrogen) atoms. The molecule has 3 nitrogen and oxygen atoms in total. The third-order valence-corrected chi connectivity index (χ3v) is 4.28. The van der Waals surface area contributed by atoms with Gasteiger partial charge in [0.15, 0.2) is 0 Å². The molecule has 0 unspecified atom stereocenters. The van der Waals surface area contributed by atoms with Crippen molar-refractivity contribution in [3.05, 3.63) is 28.5 Å². The monoisotopic (exact) mass is 297 g/mol. The van der Waals surface area contributed by atoms with Crippen molar-refractivity contribution in [1.82, 2.24) is 4.98 Å². The predicted molar refractivity (Wildman–Crippen MR) is 59.9 cm³/mol. The summed E-state index contributed by atoms with van der Waals surface area (Å²) in [6.07, 6.45) is 1.96. The second-order valence-corrected chi connectivity index (χ2v) is 6.92. The fourth-order valence-electron chi connectivity index (χ4n) is 0.921. The zero-order chi connectivity index (χ0) is 10.8. The highest BCUT2D eigenvalue weighted by Gasteiger charge is 2.18. The maximum Gasteiger partial charge on any atom is 0.235 e. The van der Waals surface area contributed by atoms with Crippen LogP contribution in [-0.4, -0.2) is 18.7 Å². The van der Waals surface area contributed by atoms with Gasteiger partial charge in [-0.15, -0.1) is 0 Å². The van der Waals surface area contributed by atoms with Crippen LogP contribution in [-0.2, 0) is 15.5 Å². The van der Waals surface area contributed by atoms with Gasteiger partial charge in [-0.05, 0) is 35.0 Å². The third-order valence-electron chi connectivity index (χ3n) is 1.77. The second kappa shape index (κ2) is 4.59. The Labute approximate surface area is 96.0 Å². The lowest BCUT2D eigenvalue weighted by molar-refractivity contribution is 0.596. The average Bonchev–Trinajstić information content (AvgIpc) is 2.07. The number of hydrogen-bond acceptors (Lipinski definition) is 3. The minimum atomic E-state index is -3.49. The Morgan fingerprint density at radius 2 is 2.21 bits per heavy atom. The maximum atomic E-state index is 10.9. The lowest BCUT2D eigenvalue weighted by Gasteiger charge is -2.06. The van der Waals surface area contributed by atoms with Crippen LogP contribution in [0.5, 0.6) is 0 Å². The maximum absolute atomic E-state index is 10.9. The highest BCUT2D eigenvalue weighted by Crippen LogP contribution is 2.13. The Bertz CT molecular complexity index is 404. The smallest absolute Gasteiger partial charge is 0.235 e. The van der Waals surface area contributed by atoms with E-state index in [0.717, 1.165) is 4.47 Å². The quantitative estimate of drug-likeness (QED) is 0.805. The summed E-state index contributed by atoms with van der Waals surface area (Å²) in [5.74, 6) is 0. The normalized spacial score (nSPS) is 13.9. The third kappa shape index (κ3) is 3.55. The Balaban J connectivity index is 2.75. The summed E-state index contributed by atoms with van der Waals surface area (Å²) in [6.45, 7) is 1.56. The zero-order valence-electron chi connectivity index (χ0n) is 7.44. The first-order valence-electron chi connectivity index (χ1n) is 3.93. The van der Waals surface area contributed by atoms with Crippen molar-refractivity contribution in [2.24, 2.45) is 0 Å². The summed E-state index contributed by atoms with van der Waals surface area (Å²) in [7, 11) is 1.71. The van der Waals surface area contributed by atoms with E-state index in [1.807, 2.05) is 6.07 Å². The molecular formula is C8H9BrClNO2S. The first-order chi connectivity index (χ1) is 6.39. The van der Waals surface area contributed by atoms with Crippen molar-refractivity contribution in [2.75, 3.05) is 0 Å². The molecule has 1 atom stereocenters. The highest BCUT2D eigenvalue weighted by atomic mass is 79.9. The number of pyridine rings is 1. The Hall–Kier alpha value is -0.130. The molecule has 0 N–H and O–H groups in total. The van der Waals surface area contributed by atoms with Gasteiger partial charge in [-0.25, -0.2) is 8.42 Å². The fourth-order valence-corrected chi connectivity index (χ4v) is 1.71. The lowest BCUT2D eigenvalue weighted by atomic mass is 10.2. The van der Waals surface area contributed by atoms with Crippen LogP contribution in [0.4, 0.5) is 0 Å². The van der Waals surface area contributed by atoms with Gasteiger partial charge in [-0.1, -0.05) is 0 Å². The summed E-state index contributed by atoms with van der Waals surface area (Å²) in [6, 6.07) is 3.58. The Kier molecular flexibility index (Phi) is 3.92. The summed E-state index contributed by atoms with van der Waals surface area (Å²) >= 11 is 3.24. The van der Waals surface area contributed by atoms with E-state index in [1.54, 1.807) is 19.2 Å². The first kappa shape index (κ1) is 11.9. The van der Waals surface area contributed by atoms with E-state index in [-0.39, 0.29) is 0 Å². The predicted octanol–water partition coefficient (Wildman–Crippen LogP) is 2.34. The molecule has 1 aromatic heterocycles. The number of aromatic nitrogens is 1. The van der Waals surface area contributed by atoms with Gasteiger partial charge in [0.05, 0.1) is 5.25 Å². The van der Waals surface area contributed by atoms with Crippen LogP contribution in [0.25, 0.3) is 0 Å². The van der Waals surface area contributed by atoms with Gasteiger partial charge in [0.2, 0.25) is 9.05 Å². The molecule has 0 fully saturated rings. The molecular weight excluding hydrogens is 290 g/mol. The molecule has 0 saturated carbocycles. The largest absolute Gasteiger partial charge is 0.260 e. The minimum absolute atomic E-state index is 0.332. The van der Waals surface area contributed by atoms with E-state index in [0.29, 0.717) is 12.1 Å². The zero-order valence-corrected chi connectivity index (χ0v) is 10.6. The molecule has 0 bridgehead atoms. The van der Waals surface area contributed by atoms with Crippen molar-refractivity contribution in [1.29, 1.82) is 0 Å². The van der Waals surface area contributed by atoms with Crippen LogP contribution >= 0.6 is 26.6 Å². The summed E-state index contributed by atoms with van der Waals surface area (Å²) < 4.78 is 22.7. The molecule has 6 heteroatoms. The van der Waals surface area contributed by atoms with Crippen molar-refractivity contribution >= 4 is 35.7 Å². The van der Waals surface area contributed by atoms with Crippen LogP contribution in [0.1, 0.15) is 12.6 Å². The Morgan fingerprint density at radius 1 is 1.57 bits per heavy atom. The standard InChI is InChI=1S/C8H9BrClNO2S/c1-6(14(10,12)13)4-8-3-2-7(9)5-11-8/h2-3,5-6H,4H2,1H3/t6-/m0/s1. The van der Waals surface area contributed by atoms with Gasteiger partial charge in [0, 0.05) is 33.5 Å². The van der Waals surface area contributed by atoms with Gasteiger partial charge in [-0.2, -0.15) is 0 Å². The van der Waals surface area contributed by atoms with E-state index in [2.05, 4.69) is 20.9 Å². The molecule has 0 aliphatic heterocycles. The number of nitrogens with zero attached hydrogens (tertiary/aromatic N) is 1. The highest BCUT2D eigenvalue weighted by molar-refractivity contribution is 9.10. The first-order valence-corrected chi connectivity index (χ1v) is 7.10. The average molecular weight is 299 g/mol. The van der Waals surface area contributed by atoms with Crippen LogP contribution in [0.2, 0.25) is 0 Å². The van der Waals surface area contributed by atoms with E-state index < -0.39 is 14.3 Å². The lowest BCUT2D eigenvalue weighted by Crippen LogP contribution is -2.15. The number of hydrogen-bond donors (Lipinski definition) is 0. The van der Waals surface area contributed by atoms with Gasteiger partial charge in [0.1, 0.15) is 0 Å². The molecule has 0 spiro atoms. The molecule has 0 amide bonds. The topological polar surface area (TPSA) is 47.0 Å². The summed E-state index contributed by atoms with van der Waals surface area (Å²) in [5, 5.41) is -0.613. The van der Waals surface area contributed by atoms with Crippen molar-refractivity contribution in [2.45, 2.75) is 18.6 Å². The van der Waals surface area contributed by atoms with Crippen molar-refractivity contribution in [3.63, 3.8) is 0 Å². The second-order valence-electron chi connectivity index (χ2n) is 2.96. The molecule has 0 aromatic carbocycles. The Morgan fingerprint density at radius 3 is 2.64 bits per heavy atom. The summed E-state index contributed by atoms with van der Waals surface area (Å²) in [4.78, 5) is 4.06. The van der Waals surface area contributed by atoms with E-state index in [1.165, 1.54) is 0 Å². The van der Waals surface area contributed by atoms with E-state index >= 15 is 0 Å². The van der Waals surface area contributed by atoms with Gasteiger partial charge in [0.25, 0.3) is 0 Å². The molecule has 0 aliphatic carbocycles. The molecule has 0 radical (unpaired) electrons. The van der Waals surface area contributed by atoms with E-state index in [9.17, 15) is 8.42 Å². The molecule has 1 aromatic rings. The SMILES string of the molecule is C[C@@H](Cc1ccc(Br)cn1)S(=O)(=O)Cl. The van der Waals surface area contributed by atoms with E-state index in [4.69, 9.17) is 10.7 Å². The van der Waals surface area contributed by atoms with Gasteiger partial charge >= 0.3 is 0 Å². The molecule has 0 aliphatic rings. The van der Waals surface area contributed by atoms with Crippen molar-refractivity contribution in [3.8, 4) is 0 Å². The van der Waals surface area contributed by atoms with Crippen molar-refractivity contribution < 1.29 is 8.42 Å². The van der Waals surface area contributed by atoms with Crippen LogP contribution in [0, 0.1) is 0 Å². The molecule has 0 saturated heterocycles. The molecule has 1 heterocycles. The van der Waals surface area contributed by atoms with Gasteiger partial charge in [-0.3, -0.25) is 4.98 Å². The number of halogens is 2. The molecule has 1 rings (SSSR count). The summed E-state index contributed by atoms with van der Waals surface area (Å²) in [5.41, 5.74) is 0.713. The minimum Gasteiger partial charge on any atom is -0.260 e. The van der Waals surface area contributed by atoms with Gasteiger partial charge < -0.3 is 0 Å². The van der Waals surface area contributed by atoms with Crippen LogP contribution in [0.3, 0.4) is 0 Å². The molecule has 78 valence electrons. The van der Waals surface area contributed by atoms with Crippen LogP contribution in [0.15, 0.2) is 22.8 Å². The number of rotatable bonds is 3. The fraction of sp³-hybridized carbons (Fsp3) is 0.375. The van der Waals surface area contributed by atoms with Crippen LogP contribution < -0.4 is 0 Å².